The Kier molecular flexibility index (Phi) is 5.45. The van der Waals surface area contributed by atoms with Crippen LogP contribution in [-0.4, -0.2) is 12.0 Å². The number of rotatable bonds is 5. The van der Waals surface area contributed by atoms with E-state index < -0.39 is 6.10 Å². The zero-order valence-corrected chi connectivity index (χ0v) is 13.7. The van der Waals surface area contributed by atoms with Gasteiger partial charge in [-0.3, -0.25) is 4.79 Å². The van der Waals surface area contributed by atoms with Gasteiger partial charge in [0.2, 0.25) is 0 Å². The number of carbonyl (C=O) groups is 1. The molecule has 116 valence electrons. The molecule has 3 nitrogen and oxygen atoms in total. The fraction of sp³-hybridized carbons (Fsp3) is 0.278. The van der Waals surface area contributed by atoms with Crippen LogP contribution in [0.1, 0.15) is 32.3 Å². The zero-order chi connectivity index (χ0) is 16.1. The summed E-state index contributed by atoms with van der Waals surface area (Å²) in [7, 11) is 0. The molecule has 1 N–H and O–H groups in total. The largest absolute Gasteiger partial charge is 0.481 e. The fourth-order valence-corrected chi connectivity index (χ4v) is 2.09. The first-order chi connectivity index (χ1) is 10.5. The molecule has 0 aromatic heterocycles. The summed E-state index contributed by atoms with van der Waals surface area (Å²) in [6.07, 6.45) is -0.592. The fourth-order valence-electron chi connectivity index (χ4n) is 1.97. The minimum absolute atomic E-state index is 0.188. The van der Waals surface area contributed by atoms with Gasteiger partial charge in [-0.15, -0.1) is 0 Å². The van der Waals surface area contributed by atoms with Crippen molar-refractivity contribution in [1.82, 2.24) is 0 Å². The van der Waals surface area contributed by atoms with Crippen molar-refractivity contribution >= 4 is 23.2 Å². The van der Waals surface area contributed by atoms with Gasteiger partial charge in [0.25, 0.3) is 5.91 Å². The number of nitrogens with one attached hydrogen (secondary N) is 1. The SMILES string of the molecule is CC(C)c1ccc(NC(=O)[C@@H](C)Oc2ccc(Cl)cc2)cc1. The second-order valence-corrected chi connectivity index (χ2v) is 5.92. The summed E-state index contributed by atoms with van der Waals surface area (Å²) < 4.78 is 5.59. The van der Waals surface area contributed by atoms with Crippen LogP contribution in [0.25, 0.3) is 0 Å². The Hall–Kier alpha value is -2.00. The third-order valence-corrected chi connectivity index (χ3v) is 3.59. The average Bonchev–Trinajstić information content (AvgIpc) is 2.50. The van der Waals surface area contributed by atoms with E-state index in [-0.39, 0.29) is 5.91 Å². The number of amides is 1. The molecule has 0 aliphatic heterocycles. The van der Waals surface area contributed by atoms with Crippen LogP contribution in [0.3, 0.4) is 0 Å². The second kappa shape index (κ2) is 7.32. The number of benzene rings is 2. The molecule has 0 aliphatic carbocycles. The summed E-state index contributed by atoms with van der Waals surface area (Å²) in [6, 6.07) is 14.8. The summed E-state index contributed by atoms with van der Waals surface area (Å²) in [5, 5.41) is 3.48. The normalized spacial score (nSPS) is 12.0. The number of ether oxygens (including phenoxy) is 1. The van der Waals surface area contributed by atoms with Crippen LogP contribution in [-0.2, 0) is 4.79 Å². The molecule has 2 aromatic rings. The Morgan fingerprint density at radius 3 is 2.14 bits per heavy atom. The van der Waals surface area contributed by atoms with Crippen molar-refractivity contribution in [2.45, 2.75) is 32.8 Å². The molecule has 0 aliphatic rings. The highest BCUT2D eigenvalue weighted by Gasteiger charge is 2.15. The number of anilines is 1. The standard InChI is InChI=1S/C18H20ClNO2/c1-12(2)14-4-8-16(9-5-14)20-18(21)13(3)22-17-10-6-15(19)7-11-17/h4-13H,1-3H3,(H,20,21)/t13-/m1/s1. The van der Waals surface area contributed by atoms with Crippen molar-refractivity contribution in [3.05, 3.63) is 59.1 Å². The first-order valence-corrected chi connectivity index (χ1v) is 7.66. The topological polar surface area (TPSA) is 38.3 Å². The van der Waals surface area contributed by atoms with Gasteiger partial charge in [0.1, 0.15) is 5.75 Å². The summed E-state index contributed by atoms with van der Waals surface area (Å²) in [4.78, 5) is 12.1. The van der Waals surface area contributed by atoms with E-state index in [0.717, 1.165) is 5.69 Å². The van der Waals surface area contributed by atoms with Crippen LogP contribution in [0.5, 0.6) is 5.75 Å². The highest BCUT2D eigenvalue weighted by molar-refractivity contribution is 6.30. The van der Waals surface area contributed by atoms with E-state index in [2.05, 4.69) is 19.2 Å². The highest BCUT2D eigenvalue weighted by atomic mass is 35.5. The van der Waals surface area contributed by atoms with Gasteiger partial charge in [0.15, 0.2) is 6.10 Å². The summed E-state index contributed by atoms with van der Waals surface area (Å²) in [5.74, 6) is 0.895. The van der Waals surface area contributed by atoms with Crippen LogP contribution >= 0.6 is 11.6 Å². The molecule has 0 spiro atoms. The molecular weight excluding hydrogens is 298 g/mol. The quantitative estimate of drug-likeness (QED) is 0.854. The van der Waals surface area contributed by atoms with Crippen LogP contribution in [0, 0.1) is 0 Å². The van der Waals surface area contributed by atoms with E-state index in [1.165, 1.54) is 5.56 Å². The zero-order valence-electron chi connectivity index (χ0n) is 13.0. The van der Waals surface area contributed by atoms with E-state index >= 15 is 0 Å². The predicted molar refractivity (Wildman–Crippen MR) is 90.7 cm³/mol. The lowest BCUT2D eigenvalue weighted by Gasteiger charge is -2.15. The van der Waals surface area contributed by atoms with Gasteiger partial charge in [0, 0.05) is 10.7 Å². The van der Waals surface area contributed by atoms with Crippen LogP contribution < -0.4 is 10.1 Å². The van der Waals surface area contributed by atoms with Crippen molar-refractivity contribution in [1.29, 1.82) is 0 Å². The smallest absolute Gasteiger partial charge is 0.265 e. The van der Waals surface area contributed by atoms with Gasteiger partial charge in [-0.2, -0.15) is 0 Å². The van der Waals surface area contributed by atoms with E-state index in [0.29, 0.717) is 16.7 Å². The van der Waals surface area contributed by atoms with Gasteiger partial charge < -0.3 is 10.1 Å². The predicted octanol–water partition coefficient (Wildman–Crippen LogP) is 4.87. The molecule has 0 bridgehead atoms. The number of halogens is 1. The Labute approximate surface area is 136 Å². The number of hydrogen-bond donors (Lipinski definition) is 1. The lowest BCUT2D eigenvalue weighted by atomic mass is 10.0. The van der Waals surface area contributed by atoms with Crippen molar-refractivity contribution < 1.29 is 9.53 Å². The van der Waals surface area contributed by atoms with Crippen LogP contribution in [0.4, 0.5) is 5.69 Å². The minimum Gasteiger partial charge on any atom is -0.481 e. The summed E-state index contributed by atoms with van der Waals surface area (Å²) in [6.45, 7) is 5.98. The lowest BCUT2D eigenvalue weighted by molar-refractivity contribution is -0.122. The van der Waals surface area contributed by atoms with E-state index in [1.807, 2.05) is 24.3 Å². The van der Waals surface area contributed by atoms with Gasteiger partial charge >= 0.3 is 0 Å². The number of carbonyl (C=O) groups excluding carboxylic acids is 1. The molecule has 0 saturated carbocycles. The lowest BCUT2D eigenvalue weighted by Crippen LogP contribution is -2.30. The molecule has 0 saturated heterocycles. The van der Waals surface area contributed by atoms with Crippen molar-refractivity contribution in [2.24, 2.45) is 0 Å². The van der Waals surface area contributed by atoms with Crippen LogP contribution in [0.15, 0.2) is 48.5 Å². The number of hydrogen-bond acceptors (Lipinski definition) is 2. The summed E-state index contributed by atoms with van der Waals surface area (Å²) >= 11 is 5.82. The molecule has 0 heterocycles. The monoisotopic (exact) mass is 317 g/mol. The molecular formula is C18H20ClNO2. The minimum atomic E-state index is -0.592. The van der Waals surface area contributed by atoms with E-state index in [4.69, 9.17) is 16.3 Å². The van der Waals surface area contributed by atoms with Crippen molar-refractivity contribution in [2.75, 3.05) is 5.32 Å². The maximum atomic E-state index is 12.1. The van der Waals surface area contributed by atoms with Crippen molar-refractivity contribution in [3.8, 4) is 5.75 Å². The third kappa shape index (κ3) is 4.50. The maximum Gasteiger partial charge on any atom is 0.265 e. The molecule has 22 heavy (non-hydrogen) atoms. The Morgan fingerprint density at radius 1 is 1.00 bits per heavy atom. The highest BCUT2D eigenvalue weighted by Crippen LogP contribution is 2.19. The second-order valence-electron chi connectivity index (χ2n) is 5.48. The van der Waals surface area contributed by atoms with Gasteiger partial charge in [-0.25, -0.2) is 0 Å². The molecule has 2 rings (SSSR count). The van der Waals surface area contributed by atoms with E-state index in [9.17, 15) is 4.79 Å². The Bertz CT molecular complexity index is 621. The molecule has 4 heteroatoms. The summed E-state index contributed by atoms with van der Waals surface area (Å²) in [5.41, 5.74) is 2.00. The molecule has 1 atom stereocenters. The molecule has 1 amide bonds. The Morgan fingerprint density at radius 2 is 1.59 bits per heavy atom. The molecule has 0 fully saturated rings. The van der Waals surface area contributed by atoms with Crippen molar-refractivity contribution in [3.63, 3.8) is 0 Å². The van der Waals surface area contributed by atoms with Gasteiger partial charge in [0.05, 0.1) is 0 Å². The van der Waals surface area contributed by atoms with Gasteiger partial charge in [-0.1, -0.05) is 37.6 Å². The molecule has 2 aromatic carbocycles. The first-order valence-electron chi connectivity index (χ1n) is 7.29. The molecule has 0 radical (unpaired) electrons. The third-order valence-electron chi connectivity index (χ3n) is 3.34. The van der Waals surface area contributed by atoms with Crippen LogP contribution in [0.2, 0.25) is 5.02 Å². The first kappa shape index (κ1) is 16.4. The maximum absolute atomic E-state index is 12.1. The Balaban J connectivity index is 1.94. The molecule has 0 unspecified atom stereocenters. The van der Waals surface area contributed by atoms with E-state index in [1.54, 1.807) is 31.2 Å². The van der Waals surface area contributed by atoms with Gasteiger partial charge in [-0.05, 0) is 54.8 Å². The average molecular weight is 318 g/mol.